The Hall–Kier alpha value is -1.28. The van der Waals surface area contributed by atoms with Gasteiger partial charge in [-0.1, -0.05) is 0 Å². The fraction of sp³-hybridized carbons (Fsp3) is 0.667. The standard InChI is InChI=1S/C9H15N3O4S/c10-6(8(14)15)3-17-4-7(13)12-9(16)11-5-1-2-5/h5-6H,1-4,10H2,(H,14,15)(H2,11,12,13,16). The Bertz CT molecular complexity index is 319. The van der Waals surface area contributed by atoms with Gasteiger partial charge in [-0.05, 0) is 12.8 Å². The van der Waals surface area contributed by atoms with Crippen molar-refractivity contribution in [2.75, 3.05) is 11.5 Å². The molecule has 0 heterocycles. The summed E-state index contributed by atoms with van der Waals surface area (Å²) in [5.74, 6) is -1.42. The van der Waals surface area contributed by atoms with E-state index in [4.69, 9.17) is 10.8 Å². The third-order valence-corrected chi connectivity index (χ3v) is 3.07. The molecule has 0 aromatic rings. The van der Waals surface area contributed by atoms with Crippen LogP contribution in [0.25, 0.3) is 0 Å². The number of carbonyl (C=O) groups excluding carboxylic acids is 2. The van der Waals surface area contributed by atoms with Crippen LogP contribution in [0.4, 0.5) is 4.79 Å². The molecule has 1 aliphatic carbocycles. The summed E-state index contributed by atoms with van der Waals surface area (Å²) in [7, 11) is 0. The third-order valence-electron chi connectivity index (χ3n) is 2.01. The summed E-state index contributed by atoms with van der Waals surface area (Å²) < 4.78 is 0. The second kappa shape index (κ2) is 6.45. The smallest absolute Gasteiger partial charge is 0.321 e. The van der Waals surface area contributed by atoms with E-state index in [1.54, 1.807) is 0 Å². The number of hydrogen-bond donors (Lipinski definition) is 4. The summed E-state index contributed by atoms with van der Waals surface area (Å²) in [4.78, 5) is 32.7. The molecular formula is C9H15N3O4S. The Labute approximate surface area is 102 Å². The molecule has 96 valence electrons. The maximum absolute atomic E-state index is 11.2. The molecule has 1 rings (SSSR count). The zero-order valence-corrected chi connectivity index (χ0v) is 9.96. The molecule has 5 N–H and O–H groups in total. The van der Waals surface area contributed by atoms with Crippen LogP contribution < -0.4 is 16.4 Å². The lowest BCUT2D eigenvalue weighted by atomic mass is 10.4. The van der Waals surface area contributed by atoms with Crippen LogP contribution in [-0.2, 0) is 9.59 Å². The van der Waals surface area contributed by atoms with Gasteiger partial charge >= 0.3 is 12.0 Å². The van der Waals surface area contributed by atoms with Crippen molar-refractivity contribution in [2.45, 2.75) is 24.9 Å². The number of carboxylic acid groups (broad SMARTS) is 1. The molecule has 1 fully saturated rings. The van der Waals surface area contributed by atoms with Crippen molar-refractivity contribution in [2.24, 2.45) is 5.73 Å². The Morgan fingerprint density at radius 2 is 2.06 bits per heavy atom. The fourth-order valence-electron chi connectivity index (χ4n) is 0.962. The summed E-state index contributed by atoms with van der Waals surface area (Å²) >= 11 is 1.08. The van der Waals surface area contributed by atoms with Gasteiger partial charge in [-0.3, -0.25) is 14.9 Å². The van der Waals surface area contributed by atoms with Gasteiger partial charge in [-0.15, -0.1) is 11.8 Å². The van der Waals surface area contributed by atoms with E-state index in [-0.39, 0.29) is 17.5 Å². The Morgan fingerprint density at radius 1 is 1.41 bits per heavy atom. The van der Waals surface area contributed by atoms with Gasteiger partial charge in [0.05, 0.1) is 5.75 Å². The number of hydrogen-bond acceptors (Lipinski definition) is 5. The molecule has 0 aromatic carbocycles. The molecule has 3 amide bonds. The van der Waals surface area contributed by atoms with E-state index in [9.17, 15) is 14.4 Å². The van der Waals surface area contributed by atoms with E-state index in [1.807, 2.05) is 0 Å². The van der Waals surface area contributed by atoms with E-state index in [0.29, 0.717) is 0 Å². The van der Waals surface area contributed by atoms with Crippen LogP contribution in [0.1, 0.15) is 12.8 Å². The first-order valence-corrected chi connectivity index (χ1v) is 6.31. The Kier molecular flexibility index (Phi) is 5.23. The van der Waals surface area contributed by atoms with Gasteiger partial charge in [0.1, 0.15) is 6.04 Å². The molecule has 1 atom stereocenters. The number of imide groups is 1. The molecule has 7 nitrogen and oxygen atoms in total. The molecule has 1 unspecified atom stereocenters. The molecule has 17 heavy (non-hydrogen) atoms. The van der Waals surface area contributed by atoms with Gasteiger partial charge in [0.2, 0.25) is 5.91 Å². The normalized spacial score (nSPS) is 16.1. The second-order valence-corrected chi connectivity index (χ2v) is 4.79. The molecule has 0 bridgehead atoms. The van der Waals surface area contributed by atoms with E-state index >= 15 is 0 Å². The minimum Gasteiger partial charge on any atom is -0.480 e. The number of amides is 3. The molecule has 1 aliphatic rings. The molecule has 0 spiro atoms. The van der Waals surface area contributed by atoms with E-state index in [0.717, 1.165) is 24.6 Å². The summed E-state index contributed by atoms with van der Waals surface area (Å²) in [5, 5.41) is 13.3. The number of thioether (sulfide) groups is 1. The van der Waals surface area contributed by atoms with Gasteiger partial charge < -0.3 is 16.2 Å². The van der Waals surface area contributed by atoms with Crippen molar-refractivity contribution in [1.82, 2.24) is 10.6 Å². The first-order chi connectivity index (χ1) is 7.99. The largest absolute Gasteiger partial charge is 0.480 e. The molecule has 0 aromatic heterocycles. The molecule has 0 radical (unpaired) electrons. The monoisotopic (exact) mass is 261 g/mol. The summed E-state index contributed by atoms with van der Waals surface area (Å²) in [6.45, 7) is 0. The van der Waals surface area contributed by atoms with Crippen LogP contribution >= 0.6 is 11.8 Å². The average molecular weight is 261 g/mol. The number of aliphatic carboxylic acids is 1. The third kappa shape index (κ3) is 6.12. The van der Waals surface area contributed by atoms with E-state index in [2.05, 4.69) is 10.6 Å². The number of carbonyl (C=O) groups is 3. The molecule has 8 heteroatoms. The molecular weight excluding hydrogens is 246 g/mol. The van der Waals surface area contributed by atoms with E-state index < -0.39 is 23.9 Å². The molecule has 0 aliphatic heterocycles. The van der Waals surface area contributed by atoms with Crippen LogP contribution in [0.2, 0.25) is 0 Å². The second-order valence-electron chi connectivity index (χ2n) is 3.76. The van der Waals surface area contributed by atoms with E-state index in [1.165, 1.54) is 0 Å². The highest BCUT2D eigenvalue weighted by Gasteiger charge is 2.23. The predicted octanol–water partition coefficient (Wildman–Crippen LogP) is -0.880. The predicted molar refractivity (Wildman–Crippen MR) is 62.6 cm³/mol. The highest BCUT2D eigenvalue weighted by atomic mass is 32.2. The van der Waals surface area contributed by atoms with Gasteiger partial charge in [0, 0.05) is 11.8 Å². The van der Waals surface area contributed by atoms with Crippen molar-refractivity contribution < 1.29 is 19.5 Å². The number of nitrogens with two attached hydrogens (primary N) is 1. The first-order valence-electron chi connectivity index (χ1n) is 5.15. The number of rotatable bonds is 6. The van der Waals surface area contributed by atoms with Crippen molar-refractivity contribution in [3.8, 4) is 0 Å². The zero-order valence-electron chi connectivity index (χ0n) is 9.14. The Morgan fingerprint density at radius 3 is 2.59 bits per heavy atom. The number of carboxylic acids is 1. The van der Waals surface area contributed by atoms with Crippen molar-refractivity contribution in [3.05, 3.63) is 0 Å². The summed E-state index contributed by atoms with van der Waals surface area (Å²) in [6, 6.07) is -1.30. The number of urea groups is 1. The SMILES string of the molecule is NC(CSCC(=O)NC(=O)NC1CC1)C(=O)O. The van der Waals surface area contributed by atoms with Crippen LogP contribution in [-0.4, -0.2) is 46.6 Å². The highest BCUT2D eigenvalue weighted by Crippen LogP contribution is 2.18. The lowest BCUT2D eigenvalue weighted by molar-refractivity contribution is -0.138. The van der Waals surface area contributed by atoms with Crippen molar-refractivity contribution in [1.29, 1.82) is 0 Å². The maximum atomic E-state index is 11.2. The van der Waals surface area contributed by atoms with Gasteiger partial charge in [-0.2, -0.15) is 0 Å². The Balaban J connectivity index is 2.07. The number of nitrogens with one attached hydrogen (secondary N) is 2. The van der Waals surface area contributed by atoms with Gasteiger partial charge in [0.25, 0.3) is 0 Å². The lowest BCUT2D eigenvalue weighted by Gasteiger charge is -2.07. The van der Waals surface area contributed by atoms with Gasteiger partial charge in [0.15, 0.2) is 0 Å². The summed E-state index contributed by atoms with van der Waals surface area (Å²) in [5.41, 5.74) is 5.25. The highest BCUT2D eigenvalue weighted by molar-refractivity contribution is 8.00. The molecule has 1 saturated carbocycles. The minimum absolute atomic E-state index is 0.0130. The minimum atomic E-state index is -1.11. The van der Waals surface area contributed by atoms with Gasteiger partial charge in [-0.25, -0.2) is 4.79 Å². The van der Waals surface area contributed by atoms with Crippen LogP contribution in [0.5, 0.6) is 0 Å². The lowest BCUT2D eigenvalue weighted by Crippen LogP contribution is -2.41. The first kappa shape index (κ1) is 13.8. The maximum Gasteiger partial charge on any atom is 0.321 e. The van der Waals surface area contributed by atoms with Crippen molar-refractivity contribution >= 4 is 29.7 Å². The topological polar surface area (TPSA) is 122 Å². The van der Waals surface area contributed by atoms with Crippen molar-refractivity contribution in [3.63, 3.8) is 0 Å². The average Bonchev–Trinajstić information content (AvgIpc) is 3.00. The van der Waals surface area contributed by atoms with Crippen LogP contribution in [0, 0.1) is 0 Å². The fourth-order valence-corrected chi connectivity index (χ4v) is 1.73. The zero-order chi connectivity index (χ0) is 12.8. The van der Waals surface area contributed by atoms with Crippen LogP contribution in [0.15, 0.2) is 0 Å². The molecule has 0 saturated heterocycles. The summed E-state index contributed by atoms with van der Waals surface area (Å²) in [6.07, 6.45) is 1.90. The quantitative estimate of drug-likeness (QED) is 0.492. The van der Waals surface area contributed by atoms with Crippen LogP contribution in [0.3, 0.4) is 0 Å².